The molecule has 2 N–H and O–H groups in total. The summed E-state index contributed by atoms with van der Waals surface area (Å²) in [6.07, 6.45) is 0.406. The molecule has 0 saturated carbocycles. The van der Waals surface area contributed by atoms with E-state index in [4.69, 9.17) is 9.47 Å². The lowest BCUT2D eigenvalue weighted by Gasteiger charge is -2.39. The number of likely N-dealkylation sites (tertiary alicyclic amines) is 1. The van der Waals surface area contributed by atoms with E-state index in [9.17, 15) is 14.7 Å². The fourth-order valence-corrected chi connectivity index (χ4v) is 3.18. The topological polar surface area (TPSA) is 88.1 Å². The zero-order chi connectivity index (χ0) is 20.8. The van der Waals surface area contributed by atoms with Gasteiger partial charge < -0.3 is 24.8 Å². The third kappa shape index (κ3) is 7.03. The molecule has 28 heavy (non-hydrogen) atoms. The molecule has 1 atom stereocenters. The number of carbonyl (C=O) groups is 2. The Kier molecular flexibility index (Phi) is 7.29. The van der Waals surface area contributed by atoms with E-state index in [0.717, 1.165) is 5.56 Å². The van der Waals surface area contributed by atoms with Crippen LogP contribution in [-0.2, 0) is 16.1 Å². The SMILES string of the molecule is CC(C)(C)OC(=O)N1CCC(C(C)(O)CNC(=O)OCc2ccccc2)CC1. The second-order valence-electron chi connectivity index (χ2n) is 8.51. The van der Waals surface area contributed by atoms with Gasteiger partial charge in [0.25, 0.3) is 0 Å². The molecule has 1 aromatic rings. The molecule has 2 amide bonds. The van der Waals surface area contributed by atoms with E-state index < -0.39 is 17.3 Å². The molecule has 1 saturated heterocycles. The highest BCUT2D eigenvalue weighted by molar-refractivity contribution is 5.68. The van der Waals surface area contributed by atoms with Crippen LogP contribution in [-0.4, -0.2) is 53.0 Å². The summed E-state index contributed by atoms with van der Waals surface area (Å²) in [6.45, 7) is 8.54. The summed E-state index contributed by atoms with van der Waals surface area (Å²) in [5.41, 5.74) is -0.700. The molecule has 1 aromatic carbocycles. The van der Waals surface area contributed by atoms with E-state index >= 15 is 0 Å². The van der Waals surface area contributed by atoms with Crippen LogP contribution in [0.25, 0.3) is 0 Å². The smallest absolute Gasteiger partial charge is 0.410 e. The number of carbonyl (C=O) groups excluding carboxylic acids is 2. The first-order valence-electron chi connectivity index (χ1n) is 9.72. The zero-order valence-corrected chi connectivity index (χ0v) is 17.2. The molecule has 0 spiro atoms. The van der Waals surface area contributed by atoms with Gasteiger partial charge in [0.15, 0.2) is 0 Å². The Bertz CT molecular complexity index is 647. The Morgan fingerprint density at radius 1 is 1.14 bits per heavy atom. The van der Waals surface area contributed by atoms with E-state index in [0.29, 0.717) is 25.9 Å². The summed E-state index contributed by atoms with van der Waals surface area (Å²) in [4.78, 5) is 25.7. The molecular weight excluding hydrogens is 360 g/mol. The Hall–Kier alpha value is -2.28. The van der Waals surface area contributed by atoms with Gasteiger partial charge >= 0.3 is 12.2 Å². The van der Waals surface area contributed by atoms with Crippen molar-refractivity contribution in [2.24, 2.45) is 5.92 Å². The van der Waals surface area contributed by atoms with Crippen molar-refractivity contribution in [3.05, 3.63) is 35.9 Å². The highest BCUT2D eigenvalue weighted by Crippen LogP contribution is 2.28. The van der Waals surface area contributed by atoms with Crippen molar-refractivity contribution in [3.63, 3.8) is 0 Å². The van der Waals surface area contributed by atoms with Crippen molar-refractivity contribution in [3.8, 4) is 0 Å². The number of alkyl carbamates (subject to hydrolysis) is 1. The van der Waals surface area contributed by atoms with Crippen LogP contribution in [0.4, 0.5) is 9.59 Å². The van der Waals surface area contributed by atoms with Gasteiger partial charge in [-0.15, -0.1) is 0 Å². The van der Waals surface area contributed by atoms with Crippen LogP contribution >= 0.6 is 0 Å². The first kappa shape index (κ1) is 22.0. The predicted molar refractivity (Wildman–Crippen MR) is 106 cm³/mol. The molecule has 0 aliphatic carbocycles. The zero-order valence-electron chi connectivity index (χ0n) is 17.2. The third-order valence-electron chi connectivity index (χ3n) is 4.83. The van der Waals surface area contributed by atoms with Crippen molar-refractivity contribution in [1.29, 1.82) is 0 Å². The van der Waals surface area contributed by atoms with Crippen LogP contribution in [0.3, 0.4) is 0 Å². The Balaban J connectivity index is 1.74. The number of aliphatic hydroxyl groups is 1. The van der Waals surface area contributed by atoms with Crippen molar-refractivity contribution in [2.75, 3.05) is 19.6 Å². The van der Waals surface area contributed by atoms with E-state index in [-0.39, 0.29) is 25.2 Å². The summed E-state index contributed by atoms with van der Waals surface area (Å²) in [5.74, 6) is -0.0272. The maximum atomic E-state index is 12.1. The number of piperidine rings is 1. The van der Waals surface area contributed by atoms with Gasteiger partial charge in [0.05, 0.1) is 5.60 Å². The van der Waals surface area contributed by atoms with Gasteiger partial charge in [-0.3, -0.25) is 0 Å². The third-order valence-corrected chi connectivity index (χ3v) is 4.83. The van der Waals surface area contributed by atoms with E-state index in [1.54, 1.807) is 11.8 Å². The van der Waals surface area contributed by atoms with Crippen LogP contribution in [0.2, 0.25) is 0 Å². The number of benzene rings is 1. The molecule has 156 valence electrons. The first-order valence-corrected chi connectivity index (χ1v) is 9.72. The fraction of sp³-hybridized carbons (Fsp3) is 0.619. The standard InChI is InChI=1S/C21H32N2O5/c1-20(2,3)28-19(25)23-12-10-17(11-13-23)21(4,26)15-22-18(24)27-14-16-8-6-5-7-9-16/h5-9,17,26H,10-15H2,1-4H3,(H,22,24). The van der Waals surface area contributed by atoms with Gasteiger partial charge in [-0.05, 0) is 52.0 Å². The highest BCUT2D eigenvalue weighted by atomic mass is 16.6. The maximum absolute atomic E-state index is 12.1. The number of nitrogens with zero attached hydrogens (tertiary/aromatic N) is 1. The second-order valence-corrected chi connectivity index (χ2v) is 8.51. The van der Waals surface area contributed by atoms with E-state index in [2.05, 4.69) is 5.32 Å². The lowest BCUT2D eigenvalue weighted by atomic mass is 9.81. The lowest BCUT2D eigenvalue weighted by molar-refractivity contribution is -0.0329. The summed E-state index contributed by atoms with van der Waals surface area (Å²) in [7, 11) is 0. The Labute approximate surface area is 167 Å². The van der Waals surface area contributed by atoms with Crippen LogP contribution in [0.15, 0.2) is 30.3 Å². The van der Waals surface area contributed by atoms with Crippen LogP contribution in [0, 0.1) is 5.92 Å². The van der Waals surface area contributed by atoms with Crippen LogP contribution in [0.1, 0.15) is 46.1 Å². The lowest BCUT2D eigenvalue weighted by Crippen LogP contribution is -2.51. The Morgan fingerprint density at radius 2 is 1.75 bits per heavy atom. The van der Waals surface area contributed by atoms with Crippen LogP contribution < -0.4 is 5.32 Å². The fourth-order valence-electron chi connectivity index (χ4n) is 3.18. The van der Waals surface area contributed by atoms with Gasteiger partial charge in [0, 0.05) is 19.6 Å². The van der Waals surface area contributed by atoms with Gasteiger partial charge in [-0.25, -0.2) is 9.59 Å². The molecule has 0 aromatic heterocycles. The largest absolute Gasteiger partial charge is 0.445 e. The molecular formula is C21H32N2O5. The molecule has 1 fully saturated rings. The molecule has 1 unspecified atom stereocenters. The molecule has 7 heteroatoms. The van der Waals surface area contributed by atoms with Crippen LogP contribution in [0.5, 0.6) is 0 Å². The van der Waals surface area contributed by atoms with Crippen molar-refractivity contribution >= 4 is 12.2 Å². The van der Waals surface area contributed by atoms with Gasteiger partial charge in [-0.2, -0.15) is 0 Å². The molecule has 1 aliphatic heterocycles. The predicted octanol–water partition coefficient (Wildman–Crippen LogP) is 3.31. The second kappa shape index (κ2) is 9.28. The van der Waals surface area contributed by atoms with Gasteiger partial charge in [0.1, 0.15) is 12.2 Å². The first-order chi connectivity index (χ1) is 13.1. The molecule has 0 radical (unpaired) electrons. The number of rotatable bonds is 5. The van der Waals surface area contributed by atoms with Crippen molar-refractivity contribution in [1.82, 2.24) is 10.2 Å². The van der Waals surface area contributed by atoms with E-state index in [1.807, 2.05) is 51.1 Å². The average molecular weight is 392 g/mol. The number of hydrogen-bond acceptors (Lipinski definition) is 5. The van der Waals surface area contributed by atoms with Crippen molar-refractivity contribution < 1.29 is 24.2 Å². The normalized spacial score (nSPS) is 17.5. The van der Waals surface area contributed by atoms with E-state index in [1.165, 1.54) is 0 Å². The molecule has 1 heterocycles. The minimum atomic E-state index is -1.08. The number of hydrogen-bond donors (Lipinski definition) is 2. The Morgan fingerprint density at radius 3 is 2.32 bits per heavy atom. The monoisotopic (exact) mass is 392 g/mol. The maximum Gasteiger partial charge on any atom is 0.410 e. The van der Waals surface area contributed by atoms with Crippen molar-refractivity contribution in [2.45, 2.75) is 58.3 Å². The average Bonchev–Trinajstić information content (AvgIpc) is 2.64. The summed E-state index contributed by atoms with van der Waals surface area (Å²) in [5, 5.41) is 13.4. The van der Waals surface area contributed by atoms with Gasteiger partial charge in [-0.1, -0.05) is 30.3 Å². The summed E-state index contributed by atoms with van der Waals surface area (Å²) < 4.78 is 10.6. The minimum Gasteiger partial charge on any atom is -0.445 e. The molecule has 2 rings (SSSR count). The minimum absolute atomic E-state index is 0.0272. The molecule has 0 bridgehead atoms. The molecule has 1 aliphatic rings. The summed E-state index contributed by atoms with van der Waals surface area (Å²) >= 11 is 0. The molecule has 7 nitrogen and oxygen atoms in total. The summed E-state index contributed by atoms with van der Waals surface area (Å²) in [6, 6.07) is 9.41. The highest BCUT2D eigenvalue weighted by Gasteiger charge is 2.36. The van der Waals surface area contributed by atoms with Gasteiger partial charge in [0.2, 0.25) is 0 Å². The number of amides is 2. The number of ether oxygens (including phenoxy) is 2. The number of nitrogens with one attached hydrogen (secondary N) is 1. The quantitative estimate of drug-likeness (QED) is 0.803.